The van der Waals surface area contributed by atoms with E-state index in [1.165, 1.54) is 0 Å². The van der Waals surface area contributed by atoms with Crippen LogP contribution in [0.1, 0.15) is 45.4 Å². The molecule has 0 aliphatic heterocycles. The van der Waals surface area contributed by atoms with Gasteiger partial charge in [-0.1, -0.05) is 19.4 Å². The van der Waals surface area contributed by atoms with Gasteiger partial charge in [-0.2, -0.15) is 0 Å². The second-order valence-corrected chi connectivity index (χ2v) is 8.70. The Morgan fingerprint density at radius 2 is 1.56 bits per heavy atom. The fraction of sp³-hybridized carbons (Fsp3) is 0.824. The van der Waals surface area contributed by atoms with Gasteiger partial charge in [0, 0.05) is 12.1 Å². The highest BCUT2D eigenvalue weighted by atomic mass is 31.2. The Kier molecular flexibility index (Phi) is 12.2. The van der Waals surface area contributed by atoms with E-state index in [1.807, 2.05) is 0 Å². The lowest BCUT2D eigenvalue weighted by Crippen LogP contribution is -2.35. The molecular formula is C17H35N2O5P. The van der Waals surface area contributed by atoms with Crippen LogP contribution >= 0.6 is 7.82 Å². The summed E-state index contributed by atoms with van der Waals surface area (Å²) in [6.45, 7) is 7.11. The van der Waals surface area contributed by atoms with Crippen LogP contribution in [0, 0.1) is 0 Å². The number of amides is 1. The molecule has 0 aliphatic carbocycles. The van der Waals surface area contributed by atoms with Crippen LogP contribution in [-0.2, 0) is 18.4 Å². The molecule has 1 unspecified atom stereocenters. The van der Waals surface area contributed by atoms with E-state index in [-0.39, 0.29) is 19.1 Å². The minimum absolute atomic E-state index is 0.130. The van der Waals surface area contributed by atoms with Crippen LogP contribution in [0.2, 0.25) is 0 Å². The Balaban J connectivity index is 3.55. The van der Waals surface area contributed by atoms with E-state index in [4.69, 9.17) is 9.05 Å². The molecule has 0 aromatic carbocycles. The average molecular weight is 378 g/mol. The van der Waals surface area contributed by atoms with Gasteiger partial charge in [0.2, 0.25) is 5.91 Å². The maximum absolute atomic E-state index is 11.6. The van der Waals surface area contributed by atoms with Crippen molar-refractivity contribution in [3.63, 3.8) is 0 Å². The molecule has 0 bridgehead atoms. The Bertz CT molecular complexity index is 449. The van der Waals surface area contributed by atoms with E-state index >= 15 is 0 Å². The Labute approximate surface area is 152 Å². The number of carbonyl (C=O) groups excluding carboxylic acids is 1. The largest absolute Gasteiger partial charge is 0.756 e. The third-order valence-corrected chi connectivity index (χ3v) is 4.46. The van der Waals surface area contributed by atoms with Crippen LogP contribution in [-0.4, -0.2) is 57.8 Å². The summed E-state index contributed by atoms with van der Waals surface area (Å²) < 4.78 is 22.1. The summed E-state index contributed by atoms with van der Waals surface area (Å²) in [5, 5.41) is 2.75. The molecule has 1 amide bonds. The highest BCUT2D eigenvalue weighted by Crippen LogP contribution is 2.38. The minimum atomic E-state index is -4.18. The summed E-state index contributed by atoms with van der Waals surface area (Å²) in [6.07, 6.45) is 4.83. The van der Waals surface area contributed by atoms with Gasteiger partial charge in [0.25, 0.3) is 7.82 Å². The molecule has 7 nitrogen and oxygen atoms in total. The molecule has 0 fully saturated rings. The Morgan fingerprint density at radius 3 is 2.08 bits per heavy atom. The molecule has 0 aromatic rings. The van der Waals surface area contributed by atoms with Gasteiger partial charge in [-0.05, 0) is 32.6 Å². The average Bonchev–Trinajstić information content (AvgIpc) is 2.47. The number of phosphoric ester groups is 1. The van der Waals surface area contributed by atoms with E-state index < -0.39 is 7.82 Å². The molecule has 148 valence electrons. The van der Waals surface area contributed by atoms with Crippen molar-refractivity contribution in [3.05, 3.63) is 12.2 Å². The molecule has 0 radical (unpaired) electrons. The van der Waals surface area contributed by atoms with Crippen LogP contribution in [0.25, 0.3) is 0 Å². The lowest BCUT2D eigenvalue weighted by atomic mass is 10.2. The fourth-order valence-electron chi connectivity index (χ4n) is 2.01. The van der Waals surface area contributed by atoms with Gasteiger partial charge in [-0.25, -0.2) is 0 Å². The third-order valence-electron chi connectivity index (χ3n) is 3.47. The van der Waals surface area contributed by atoms with Gasteiger partial charge in [-0.15, -0.1) is 0 Å². The van der Waals surface area contributed by atoms with Crippen molar-refractivity contribution < 1.29 is 27.8 Å². The van der Waals surface area contributed by atoms with Crippen LogP contribution in [0.4, 0.5) is 0 Å². The molecule has 0 saturated heterocycles. The van der Waals surface area contributed by atoms with E-state index in [1.54, 1.807) is 6.92 Å². The van der Waals surface area contributed by atoms with Crippen molar-refractivity contribution in [2.24, 2.45) is 0 Å². The number of nitrogens with zero attached hydrogens (tertiary/aromatic N) is 1. The van der Waals surface area contributed by atoms with Crippen molar-refractivity contribution in [1.29, 1.82) is 0 Å². The maximum atomic E-state index is 11.6. The second-order valence-electron chi connectivity index (χ2n) is 7.29. The number of rotatable bonds is 15. The standard InChI is InChI=1S/C17H35N2O5P/c1-16(2)17(20)18-12-8-6-7-10-14-23-25(21,22)24-15-11-9-13-19(3,4)5/h1,6-15H2,2-5H3,(H-,18,20,21,22). The van der Waals surface area contributed by atoms with Crippen molar-refractivity contribution in [2.75, 3.05) is 47.4 Å². The Morgan fingerprint density at radius 1 is 1.04 bits per heavy atom. The molecule has 1 N–H and O–H groups in total. The quantitative estimate of drug-likeness (QED) is 0.204. The molecule has 1 atom stereocenters. The first-order valence-electron chi connectivity index (χ1n) is 8.88. The van der Waals surface area contributed by atoms with E-state index in [2.05, 4.69) is 33.0 Å². The lowest BCUT2D eigenvalue weighted by Gasteiger charge is -2.25. The van der Waals surface area contributed by atoms with Crippen molar-refractivity contribution in [3.8, 4) is 0 Å². The van der Waals surface area contributed by atoms with E-state index in [0.717, 1.165) is 36.7 Å². The van der Waals surface area contributed by atoms with Crippen molar-refractivity contribution >= 4 is 13.7 Å². The summed E-state index contributed by atoms with van der Waals surface area (Å²) in [5.41, 5.74) is 0.497. The SMILES string of the molecule is C=C(C)C(=O)NCCCCCCOP(=O)([O-])OCCCC[N+](C)(C)C. The number of hydrogen-bond acceptors (Lipinski definition) is 5. The first-order valence-corrected chi connectivity index (χ1v) is 10.3. The lowest BCUT2D eigenvalue weighted by molar-refractivity contribution is -0.870. The topological polar surface area (TPSA) is 87.7 Å². The molecule has 0 aliphatic rings. The number of carbonyl (C=O) groups is 1. The monoisotopic (exact) mass is 378 g/mol. The van der Waals surface area contributed by atoms with Gasteiger partial charge in [0.15, 0.2) is 0 Å². The van der Waals surface area contributed by atoms with Gasteiger partial charge < -0.3 is 23.7 Å². The molecule has 25 heavy (non-hydrogen) atoms. The normalized spacial score (nSPS) is 14.1. The number of hydrogen-bond donors (Lipinski definition) is 1. The summed E-state index contributed by atoms with van der Waals surface area (Å²) in [5.74, 6) is -0.130. The molecule has 8 heteroatoms. The molecule has 0 saturated carbocycles. The summed E-state index contributed by atoms with van der Waals surface area (Å²) in [7, 11) is 2.10. The first-order chi connectivity index (χ1) is 11.5. The summed E-state index contributed by atoms with van der Waals surface area (Å²) in [4.78, 5) is 22.8. The predicted octanol–water partition coefficient (Wildman–Crippen LogP) is 2.23. The third kappa shape index (κ3) is 16.5. The van der Waals surface area contributed by atoms with Gasteiger partial charge in [0.1, 0.15) is 0 Å². The van der Waals surface area contributed by atoms with Crippen LogP contribution in [0.5, 0.6) is 0 Å². The highest BCUT2D eigenvalue weighted by molar-refractivity contribution is 7.45. The van der Waals surface area contributed by atoms with Crippen molar-refractivity contribution in [2.45, 2.75) is 45.4 Å². The van der Waals surface area contributed by atoms with E-state index in [0.29, 0.717) is 25.0 Å². The second kappa shape index (κ2) is 12.6. The van der Waals surface area contributed by atoms with Gasteiger partial charge in [0.05, 0.1) is 40.9 Å². The molecular weight excluding hydrogens is 343 g/mol. The predicted molar refractivity (Wildman–Crippen MR) is 97.9 cm³/mol. The zero-order valence-electron chi connectivity index (χ0n) is 16.2. The molecule has 0 rings (SSSR count). The van der Waals surface area contributed by atoms with Crippen molar-refractivity contribution in [1.82, 2.24) is 5.32 Å². The number of quaternary nitrogens is 1. The smallest absolute Gasteiger partial charge is 0.267 e. The Hall–Kier alpha value is -0.720. The molecule has 0 aromatic heterocycles. The number of nitrogens with one attached hydrogen (secondary N) is 1. The molecule has 0 heterocycles. The minimum Gasteiger partial charge on any atom is -0.756 e. The molecule has 0 spiro atoms. The summed E-state index contributed by atoms with van der Waals surface area (Å²) >= 11 is 0. The highest BCUT2D eigenvalue weighted by Gasteiger charge is 2.10. The number of unbranched alkanes of at least 4 members (excludes halogenated alkanes) is 4. The van der Waals surface area contributed by atoms with Gasteiger partial charge >= 0.3 is 0 Å². The number of phosphoric acid groups is 1. The maximum Gasteiger partial charge on any atom is 0.267 e. The fourth-order valence-corrected chi connectivity index (χ4v) is 2.79. The zero-order valence-corrected chi connectivity index (χ0v) is 17.1. The van der Waals surface area contributed by atoms with Crippen LogP contribution in [0.15, 0.2) is 12.2 Å². The van der Waals surface area contributed by atoms with Gasteiger partial charge in [-0.3, -0.25) is 9.36 Å². The van der Waals surface area contributed by atoms with Crippen LogP contribution < -0.4 is 10.2 Å². The zero-order chi connectivity index (χ0) is 19.3. The van der Waals surface area contributed by atoms with E-state index in [9.17, 15) is 14.3 Å². The summed E-state index contributed by atoms with van der Waals surface area (Å²) in [6, 6.07) is 0. The first kappa shape index (κ1) is 24.3. The van der Waals surface area contributed by atoms with Crippen LogP contribution in [0.3, 0.4) is 0 Å².